The van der Waals surface area contributed by atoms with Gasteiger partial charge in [-0.25, -0.2) is 0 Å². The molecule has 2 amide bonds. The predicted molar refractivity (Wildman–Crippen MR) is 109 cm³/mol. The summed E-state index contributed by atoms with van der Waals surface area (Å²) in [6.07, 6.45) is 2.53. The average molecular weight is 381 g/mol. The molecule has 1 fully saturated rings. The van der Waals surface area contributed by atoms with Gasteiger partial charge in [-0.15, -0.1) is 0 Å². The number of piperidine rings is 1. The molecule has 1 heterocycles. The number of carbonyl (C=O) groups excluding carboxylic acids is 2. The minimum absolute atomic E-state index is 0.186. The number of hydrogen-bond acceptors (Lipinski definition) is 4. The van der Waals surface area contributed by atoms with Crippen molar-refractivity contribution in [3.8, 4) is 5.75 Å². The molecule has 2 aromatic rings. The molecule has 0 unspecified atom stereocenters. The molecule has 3 rings (SSSR count). The minimum Gasteiger partial charge on any atom is -0.484 e. The summed E-state index contributed by atoms with van der Waals surface area (Å²) in [6.45, 7) is 5.39. The molecule has 3 N–H and O–H groups in total. The van der Waals surface area contributed by atoms with Crippen LogP contribution in [0.4, 0.5) is 5.69 Å². The highest BCUT2D eigenvalue weighted by atomic mass is 16.5. The van der Waals surface area contributed by atoms with Crippen LogP contribution in [0.3, 0.4) is 0 Å². The number of ether oxygens (including phenoxy) is 1. The Balaban J connectivity index is 1.52. The Hall–Kier alpha value is -2.86. The Morgan fingerprint density at radius 1 is 1.07 bits per heavy atom. The number of hydrogen-bond donors (Lipinski definition) is 2. The van der Waals surface area contributed by atoms with Crippen molar-refractivity contribution in [3.05, 3.63) is 59.7 Å². The molecule has 1 aliphatic heterocycles. The summed E-state index contributed by atoms with van der Waals surface area (Å²) < 4.78 is 5.19. The molecule has 28 heavy (non-hydrogen) atoms. The summed E-state index contributed by atoms with van der Waals surface area (Å²) in [7, 11) is 0. The number of amides is 2. The first-order valence-corrected chi connectivity index (χ1v) is 9.63. The standard InChI is InChI=1S/C22H27N3O3/c1-16-10-12-25(13-11-16)14-17-2-6-19(7-3-17)24-22(27)18-4-8-20(9-5-18)28-15-21(23)26/h2-9,16H,10-15H2,1H3,(H2,23,26)(H,24,27). The SMILES string of the molecule is CC1CCN(Cc2ccc(NC(=O)c3ccc(OCC(N)=O)cc3)cc2)CC1. The second kappa shape index (κ2) is 9.37. The normalized spacial score (nSPS) is 15.2. The molecule has 148 valence electrons. The third kappa shape index (κ3) is 5.82. The van der Waals surface area contributed by atoms with Gasteiger partial charge in [0.1, 0.15) is 5.75 Å². The maximum Gasteiger partial charge on any atom is 0.255 e. The lowest BCUT2D eigenvalue weighted by atomic mass is 9.99. The Kier molecular flexibility index (Phi) is 6.66. The molecule has 0 aliphatic carbocycles. The van der Waals surface area contributed by atoms with Crippen molar-refractivity contribution in [2.75, 3.05) is 25.0 Å². The maximum absolute atomic E-state index is 12.4. The van der Waals surface area contributed by atoms with Gasteiger partial charge >= 0.3 is 0 Å². The van der Waals surface area contributed by atoms with Crippen LogP contribution in [-0.2, 0) is 11.3 Å². The van der Waals surface area contributed by atoms with E-state index in [-0.39, 0.29) is 12.5 Å². The smallest absolute Gasteiger partial charge is 0.255 e. The zero-order valence-corrected chi connectivity index (χ0v) is 16.2. The number of benzene rings is 2. The largest absolute Gasteiger partial charge is 0.484 e. The maximum atomic E-state index is 12.4. The molecule has 0 bridgehead atoms. The van der Waals surface area contributed by atoms with E-state index in [2.05, 4.69) is 29.3 Å². The fourth-order valence-corrected chi connectivity index (χ4v) is 3.23. The van der Waals surface area contributed by atoms with Crippen LogP contribution in [0.25, 0.3) is 0 Å². The van der Waals surface area contributed by atoms with Crippen molar-refractivity contribution in [2.24, 2.45) is 11.7 Å². The quantitative estimate of drug-likeness (QED) is 0.772. The predicted octanol–water partition coefficient (Wildman–Crippen LogP) is 3.03. The van der Waals surface area contributed by atoms with Crippen molar-refractivity contribution >= 4 is 17.5 Å². The number of nitrogens with one attached hydrogen (secondary N) is 1. The van der Waals surface area contributed by atoms with E-state index in [0.29, 0.717) is 11.3 Å². The van der Waals surface area contributed by atoms with E-state index in [0.717, 1.165) is 31.2 Å². The summed E-state index contributed by atoms with van der Waals surface area (Å²) in [5.74, 6) is 0.587. The van der Waals surface area contributed by atoms with Gasteiger partial charge in [0.15, 0.2) is 6.61 Å². The highest BCUT2D eigenvalue weighted by Crippen LogP contribution is 2.19. The number of carbonyl (C=O) groups is 2. The van der Waals surface area contributed by atoms with Crippen LogP contribution < -0.4 is 15.8 Å². The van der Waals surface area contributed by atoms with Crippen molar-refractivity contribution < 1.29 is 14.3 Å². The van der Waals surface area contributed by atoms with Gasteiger partial charge < -0.3 is 15.8 Å². The van der Waals surface area contributed by atoms with E-state index in [1.807, 2.05) is 12.1 Å². The Bertz CT molecular complexity index is 795. The molecule has 1 aliphatic rings. The lowest BCUT2D eigenvalue weighted by molar-refractivity contribution is -0.119. The van der Waals surface area contributed by atoms with Gasteiger partial charge in [-0.3, -0.25) is 14.5 Å². The number of rotatable bonds is 7. The zero-order valence-electron chi connectivity index (χ0n) is 16.2. The van der Waals surface area contributed by atoms with Gasteiger partial charge in [0, 0.05) is 17.8 Å². The number of nitrogens with two attached hydrogens (primary N) is 1. The highest BCUT2D eigenvalue weighted by molar-refractivity contribution is 6.04. The molecule has 0 aromatic heterocycles. The van der Waals surface area contributed by atoms with Crippen LogP contribution in [0, 0.1) is 5.92 Å². The van der Waals surface area contributed by atoms with E-state index in [1.165, 1.54) is 18.4 Å². The molecule has 0 saturated carbocycles. The third-order valence-electron chi connectivity index (χ3n) is 4.99. The van der Waals surface area contributed by atoms with Gasteiger partial charge in [-0.2, -0.15) is 0 Å². The van der Waals surface area contributed by atoms with Gasteiger partial charge in [-0.05, 0) is 73.8 Å². The fourth-order valence-electron chi connectivity index (χ4n) is 3.23. The molecule has 6 nitrogen and oxygen atoms in total. The molecule has 2 aromatic carbocycles. The van der Waals surface area contributed by atoms with Crippen LogP contribution in [0.2, 0.25) is 0 Å². The van der Waals surface area contributed by atoms with Crippen LogP contribution in [0.15, 0.2) is 48.5 Å². The lowest BCUT2D eigenvalue weighted by Crippen LogP contribution is -2.32. The van der Waals surface area contributed by atoms with Crippen molar-refractivity contribution in [3.63, 3.8) is 0 Å². The summed E-state index contributed by atoms with van der Waals surface area (Å²) >= 11 is 0. The summed E-state index contributed by atoms with van der Waals surface area (Å²) in [6, 6.07) is 14.6. The molecule has 0 spiro atoms. The Morgan fingerprint density at radius 2 is 1.71 bits per heavy atom. The number of nitrogens with zero attached hydrogens (tertiary/aromatic N) is 1. The highest BCUT2D eigenvalue weighted by Gasteiger charge is 2.15. The number of likely N-dealkylation sites (tertiary alicyclic amines) is 1. The molecule has 0 atom stereocenters. The van der Waals surface area contributed by atoms with Crippen molar-refractivity contribution in [1.82, 2.24) is 4.90 Å². The van der Waals surface area contributed by atoms with Crippen LogP contribution in [0.5, 0.6) is 5.75 Å². The van der Waals surface area contributed by atoms with E-state index in [1.54, 1.807) is 24.3 Å². The minimum atomic E-state index is -0.542. The van der Waals surface area contributed by atoms with E-state index >= 15 is 0 Å². The van der Waals surface area contributed by atoms with Gasteiger partial charge in [0.25, 0.3) is 11.8 Å². The van der Waals surface area contributed by atoms with Crippen molar-refractivity contribution in [2.45, 2.75) is 26.3 Å². The molecule has 0 radical (unpaired) electrons. The Labute approximate surface area is 165 Å². The number of anilines is 1. The number of primary amides is 1. The average Bonchev–Trinajstić information content (AvgIpc) is 2.70. The first-order valence-electron chi connectivity index (χ1n) is 9.63. The molecule has 1 saturated heterocycles. The second-order valence-corrected chi connectivity index (χ2v) is 7.39. The first-order chi connectivity index (χ1) is 13.5. The Morgan fingerprint density at radius 3 is 2.32 bits per heavy atom. The topological polar surface area (TPSA) is 84.7 Å². The first kappa shape index (κ1) is 19.9. The molecular weight excluding hydrogens is 354 g/mol. The third-order valence-corrected chi connectivity index (χ3v) is 4.99. The summed E-state index contributed by atoms with van der Waals surface area (Å²) in [4.78, 5) is 25.6. The van der Waals surface area contributed by atoms with Crippen LogP contribution >= 0.6 is 0 Å². The zero-order chi connectivity index (χ0) is 19.9. The van der Waals surface area contributed by atoms with Crippen LogP contribution in [-0.4, -0.2) is 36.4 Å². The van der Waals surface area contributed by atoms with Gasteiger partial charge in [0.2, 0.25) is 0 Å². The van der Waals surface area contributed by atoms with E-state index in [4.69, 9.17) is 10.5 Å². The monoisotopic (exact) mass is 381 g/mol. The van der Waals surface area contributed by atoms with E-state index < -0.39 is 5.91 Å². The van der Waals surface area contributed by atoms with E-state index in [9.17, 15) is 9.59 Å². The van der Waals surface area contributed by atoms with Crippen molar-refractivity contribution in [1.29, 1.82) is 0 Å². The van der Waals surface area contributed by atoms with Gasteiger partial charge in [0.05, 0.1) is 0 Å². The van der Waals surface area contributed by atoms with Crippen LogP contribution in [0.1, 0.15) is 35.7 Å². The second-order valence-electron chi connectivity index (χ2n) is 7.39. The summed E-state index contributed by atoms with van der Waals surface area (Å²) in [5.41, 5.74) is 7.57. The summed E-state index contributed by atoms with van der Waals surface area (Å²) in [5, 5.41) is 2.90. The lowest BCUT2D eigenvalue weighted by Gasteiger charge is -2.30. The molecular formula is C22H27N3O3. The molecule has 6 heteroatoms. The van der Waals surface area contributed by atoms with Gasteiger partial charge in [-0.1, -0.05) is 19.1 Å². The fraction of sp³-hybridized carbons (Fsp3) is 0.364.